The molecule has 1 fully saturated rings. The molecule has 9 heteroatoms. The number of alkyl halides is 3. The van der Waals surface area contributed by atoms with Crippen molar-refractivity contribution in [2.45, 2.75) is 51.1 Å². The van der Waals surface area contributed by atoms with Crippen molar-refractivity contribution in [2.24, 2.45) is 0 Å². The predicted octanol–water partition coefficient (Wildman–Crippen LogP) is 3.16. The van der Waals surface area contributed by atoms with Crippen molar-refractivity contribution < 1.29 is 18.0 Å². The third-order valence-electron chi connectivity index (χ3n) is 5.00. The summed E-state index contributed by atoms with van der Waals surface area (Å²) in [6.45, 7) is 2.56. The molecule has 1 amide bonds. The van der Waals surface area contributed by atoms with Crippen LogP contribution in [-0.4, -0.2) is 33.2 Å². The summed E-state index contributed by atoms with van der Waals surface area (Å²) in [5.41, 5.74) is 2.62. The molecule has 2 aromatic heterocycles. The summed E-state index contributed by atoms with van der Waals surface area (Å²) in [7, 11) is 0. The van der Waals surface area contributed by atoms with Gasteiger partial charge in [0.05, 0.1) is 5.69 Å². The molecule has 25 heavy (non-hydrogen) atoms. The summed E-state index contributed by atoms with van der Waals surface area (Å²) in [4.78, 5) is 16.0. The van der Waals surface area contributed by atoms with Crippen molar-refractivity contribution >= 4 is 23.1 Å². The quantitative estimate of drug-likeness (QED) is 0.870. The lowest BCUT2D eigenvalue weighted by atomic mass is 10.0. The average molecular weight is 353 g/mol. The van der Waals surface area contributed by atoms with E-state index in [0.29, 0.717) is 5.69 Å². The van der Waals surface area contributed by atoms with Gasteiger partial charge in [0.15, 0.2) is 5.65 Å². The van der Waals surface area contributed by atoms with E-state index in [1.54, 1.807) is 4.52 Å². The van der Waals surface area contributed by atoms with Gasteiger partial charge in [-0.05, 0) is 26.2 Å². The van der Waals surface area contributed by atoms with Crippen molar-refractivity contribution in [1.82, 2.24) is 14.6 Å². The Labute approximate surface area is 141 Å². The van der Waals surface area contributed by atoms with Crippen LogP contribution in [-0.2, 0) is 11.2 Å². The first-order valence-corrected chi connectivity index (χ1v) is 8.40. The molecule has 2 aliphatic rings. The number of nitrogens with one attached hydrogen (secondary N) is 2. The minimum absolute atomic E-state index is 0.0441. The van der Waals surface area contributed by atoms with Gasteiger partial charge >= 0.3 is 12.1 Å². The van der Waals surface area contributed by atoms with E-state index < -0.39 is 12.1 Å². The van der Waals surface area contributed by atoms with Gasteiger partial charge in [0.2, 0.25) is 0 Å². The second kappa shape index (κ2) is 5.60. The van der Waals surface area contributed by atoms with Gasteiger partial charge < -0.3 is 10.6 Å². The highest BCUT2D eigenvalue weighted by molar-refractivity contribution is 5.99. The summed E-state index contributed by atoms with van der Waals surface area (Å²) < 4.78 is 39.9. The highest BCUT2D eigenvalue weighted by Gasteiger charge is 2.40. The van der Waals surface area contributed by atoms with Crippen LogP contribution in [0.1, 0.15) is 48.6 Å². The second-order valence-electron chi connectivity index (χ2n) is 6.63. The maximum atomic E-state index is 12.8. The van der Waals surface area contributed by atoms with Crippen molar-refractivity contribution in [2.75, 3.05) is 17.2 Å². The fraction of sp³-hybridized carbons (Fsp3) is 0.562. The molecule has 2 N–H and O–H groups in total. The van der Waals surface area contributed by atoms with Crippen LogP contribution in [0.15, 0.2) is 0 Å². The van der Waals surface area contributed by atoms with Gasteiger partial charge in [-0.3, -0.25) is 4.79 Å². The standard InChI is InChI=1S/C16H18F3N5O/c1-8-10-6-7-20-13(10)24-14(21-8)12(22-15(25)16(17,18)19)11(23-24)9-4-2-3-5-9/h9,20H,2-7H2,1H3,(H,22,25). The number of halogens is 3. The maximum absolute atomic E-state index is 12.8. The van der Waals surface area contributed by atoms with Crippen LogP contribution >= 0.6 is 0 Å². The molecule has 0 saturated heterocycles. The van der Waals surface area contributed by atoms with Crippen molar-refractivity contribution in [1.29, 1.82) is 0 Å². The Bertz CT molecular complexity index is 852. The highest BCUT2D eigenvalue weighted by Crippen LogP contribution is 2.40. The van der Waals surface area contributed by atoms with Crippen LogP contribution in [0.4, 0.5) is 24.7 Å². The Morgan fingerprint density at radius 2 is 2.04 bits per heavy atom. The molecule has 0 atom stereocenters. The molecule has 0 radical (unpaired) electrons. The zero-order valence-corrected chi connectivity index (χ0v) is 13.7. The first-order chi connectivity index (χ1) is 11.9. The zero-order chi connectivity index (χ0) is 17.8. The van der Waals surface area contributed by atoms with Crippen LogP contribution in [0, 0.1) is 6.92 Å². The molecule has 1 aliphatic carbocycles. The van der Waals surface area contributed by atoms with Gasteiger partial charge in [0.1, 0.15) is 11.5 Å². The van der Waals surface area contributed by atoms with Gasteiger partial charge in [0, 0.05) is 23.7 Å². The van der Waals surface area contributed by atoms with Gasteiger partial charge in [-0.1, -0.05) is 12.8 Å². The number of nitrogens with zero attached hydrogens (tertiary/aromatic N) is 3. The lowest BCUT2D eigenvalue weighted by molar-refractivity contribution is -0.167. The smallest absolute Gasteiger partial charge is 0.369 e. The molecular formula is C16H18F3N5O. The summed E-state index contributed by atoms with van der Waals surface area (Å²) in [5, 5.41) is 9.81. The van der Waals surface area contributed by atoms with Gasteiger partial charge in [0.25, 0.3) is 0 Å². The van der Waals surface area contributed by atoms with E-state index in [9.17, 15) is 18.0 Å². The lowest BCUT2D eigenvalue weighted by Crippen LogP contribution is -2.30. The largest absolute Gasteiger partial charge is 0.471 e. The normalized spacial score (nSPS) is 17.8. The molecule has 134 valence electrons. The number of aryl methyl sites for hydroxylation is 1. The third kappa shape index (κ3) is 2.61. The number of rotatable bonds is 2. The molecule has 3 heterocycles. The molecule has 6 nitrogen and oxygen atoms in total. The number of amides is 1. The Kier molecular flexibility index (Phi) is 3.62. The van der Waals surface area contributed by atoms with Crippen LogP contribution < -0.4 is 10.6 Å². The summed E-state index contributed by atoms with van der Waals surface area (Å²) in [6.07, 6.45) is -0.430. The first kappa shape index (κ1) is 16.2. The Hall–Kier alpha value is -2.32. The number of hydrogen-bond acceptors (Lipinski definition) is 4. The molecule has 0 spiro atoms. The molecule has 2 aromatic rings. The SMILES string of the molecule is Cc1nc2c(NC(=O)C(F)(F)F)c(C3CCCC3)nn2c2c1CCN2. The fourth-order valence-electron chi connectivity index (χ4n) is 3.79. The molecule has 1 saturated carbocycles. The Morgan fingerprint density at radius 3 is 2.72 bits per heavy atom. The number of carbonyl (C=O) groups is 1. The lowest BCUT2D eigenvalue weighted by Gasteiger charge is -2.11. The van der Waals surface area contributed by atoms with Crippen LogP contribution in [0.25, 0.3) is 5.65 Å². The Balaban J connectivity index is 1.89. The monoisotopic (exact) mass is 353 g/mol. The minimum Gasteiger partial charge on any atom is -0.369 e. The third-order valence-corrected chi connectivity index (χ3v) is 5.00. The highest BCUT2D eigenvalue weighted by atomic mass is 19.4. The number of aromatic nitrogens is 3. The summed E-state index contributed by atoms with van der Waals surface area (Å²) >= 11 is 0. The van der Waals surface area contributed by atoms with E-state index in [4.69, 9.17) is 0 Å². The van der Waals surface area contributed by atoms with Gasteiger partial charge in [-0.25, -0.2) is 4.98 Å². The van der Waals surface area contributed by atoms with E-state index in [1.807, 2.05) is 12.2 Å². The van der Waals surface area contributed by atoms with Crippen LogP contribution in [0.5, 0.6) is 0 Å². The Morgan fingerprint density at radius 1 is 1.32 bits per heavy atom. The van der Waals surface area contributed by atoms with Gasteiger partial charge in [-0.15, -0.1) is 0 Å². The average Bonchev–Trinajstić information content (AvgIpc) is 3.24. The first-order valence-electron chi connectivity index (χ1n) is 8.40. The van der Waals surface area contributed by atoms with Crippen LogP contribution in [0.3, 0.4) is 0 Å². The zero-order valence-electron chi connectivity index (χ0n) is 13.7. The topological polar surface area (TPSA) is 71.3 Å². The van der Waals surface area contributed by atoms with Crippen molar-refractivity contribution in [3.8, 4) is 0 Å². The number of carbonyl (C=O) groups excluding carboxylic acids is 1. The molecular weight excluding hydrogens is 335 g/mol. The molecule has 0 unspecified atom stereocenters. The number of fused-ring (bicyclic) bond motifs is 3. The van der Waals surface area contributed by atoms with E-state index in [-0.39, 0.29) is 17.3 Å². The molecule has 1 aliphatic heterocycles. The second-order valence-corrected chi connectivity index (χ2v) is 6.63. The summed E-state index contributed by atoms with van der Waals surface area (Å²) in [5.74, 6) is -1.19. The number of anilines is 2. The number of hydrogen-bond donors (Lipinski definition) is 2. The van der Waals surface area contributed by atoms with Crippen LogP contribution in [0.2, 0.25) is 0 Å². The summed E-state index contributed by atoms with van der Waals surface area (Å²) in [6, 6.07) is 0. The predicted molar refractivity (Wildman–Crippen MR) is 85.8 cm³/mol. The fourth-order valence-corrected chi connectivity index (χ4v) is 3.79. The molecule has 0 bridgehead atoms. The van der Waals surface area contributed by atoms with E-state index in [0.717, 1.165) is 55.7 Å². The van der Waals surface area contributed by atoms with E-state index >= 15 is 0 Å². The van der Waals surface area contributed by atoms with E-state index in [1.165, 1.54) is 0 Å². The van der Waals surface area contributed by atoms with Crippen molar-refractivity contribution in [3.05, 3.63) is 17.0 Å². The maximum Gasteiger partial charge on any atom is 0.471 e. The van der Waals surface area contributed by atoms with Gasteiger partial charge in [-0.2, -0.15) is 22.8 Å². The van der Waals surface area contributed by atoms with E-state index in [2.05, 4.69) is 15.4 Å². The van der Waals surface area contributed by atoms with Crippen molar-refractivity contribution in [3.63, 3.8) is 0 Å². The molecule has 4 rings (SSSR count). The minimum atomic E-state index is -4.95. The molecule has 0 aromatic carbocycles.